The van der Waals surface area contributed by atoms with Crippen molar-refractivity contribution in [3.8, 4) is 0 Å². The zero-order chi connectivity index (χ0) is 20.9. The Hall–Kier alpha value is 0.0169. The summed E-state index contributed by atoms with van der Waals surface area (Å²) in [6, 6.07) is 2.27. The summed E-state index contributed by atoms with van der Waals surface area (Å²) in [6.45, 7) is 16.5. The lowest BCUT2D eigenvalue weighted by atomic mass is 9.70. The molecule has 1 aromatic heterocycles. The molecule has 3 atom stereocenters. The van der Waals surface area contributed by atoms with Crippen LogP contribution >= 0.6 is 22.6 Å². The SMILES string of the molecule is CC(C)c1cc(I)c2c(n1)CC1(CCC(CO)C1)CC2O[Si](C)(C)C(C)(C)C. The molecule has 0 aliphatic heterocycles. The topological polar surface area (TPSA) is 42.4 Å². The minimum atomic E-state index is -1.89. The van der Waals surface area contributed by atoms with Gasteiger partial charge in [-0.2, -0.15) is 0 Å². The van der Waals surface area contributed by atoms with E-state index in [1.807, 2.05) is 0 Å². The summed E-state index contributed by atoms with van der Waals surface area (Å²) in [5.74, 6) is 0.882. The number of hydrogen-bond acceptors (Lipinski definition) is 3. The second-order valence-corrected chi connectivity index (χ2v) is 17.0. The fourth-order valence-corrected chi connectivity index (χ4v) is 6.99. The van der Waals surface area contributed by atoms with Crippen LogP contribution in [0.15, 0.2) is 6.07 Å². The molecule has 2 aliphatic carbocycles. The second kappa shape index (κ2) is 7.93. The van der Waals surface area contributed by atoms with Crippen LogP contribution in [0.3, 0.4) is 0 Å². The van der Waals surface area contributed by atoms with Gasteiger partial charge in [0.15, 0.2) is 8.32 Å². The van der Waals surface area contributed by atoms with Crippen molar-refractivity contribution in [2.75, 3.05) is 6.61 Å². The van der Waals surface area contributed by atoms with Crippen molar-refractivity contribution in [1.82, 2.24) is 4.98 Å². The van der Waals surface area contributed by atoms with Crippen molar-refractivity contribution in [1.29, 1.82) is 0 Å². The Bertz CT molecular complexity index is 728. The molecular weight excluding hydrogens is 477 g/mol. The highest BCUT2D eigenvalue weighted by Crippen LogP contribution is 2.55. The maximum absolute atomic E-state index is 9.75. The number of aromatic nitrogens is 1. The quantitative estimate of drug-likeness (QED) is 0.363. The largest absolute Gasteiger partial charge is 0.410 e. The summed E-state index contributed by atoms with van der Waals surface area (Å²) < 4.78 is 8.36. The van der Waals surface area contributed by atoms with Gasteiger partial charge in [-0.05, 0) is 96.1 Å². The van der Waals surface area contributed by atoms with E-state index in [2.05, 4.69) is 76.4 Å². The molecule has 3 unspecified atom stereocenters. The summed E-state index contributed by atoms with van der Waals surface area (Å²) in [5, 5.41) is 9.95. The highest BCUT2D eigenvalue weighted by molar-refractivity contribution is 14.1. The lowest BCUT2D eigenvalue weighted by Gasteiger charge is -2.45. The molecule has 0 bridgehead atoms. The molecule has 0 radical (unpaired) electrons. The molecular formula is C23H38INO2Si. The normalized spacial score (nSPS) is 28.2. The Kier molecular flexibility index (Phi) is 6.43. The van der Waals surface area contributed by atoms with E-state index in [-0.39, 0.29) is 16.6 Å². The van der Waals surface area contributed by atoms with Crippen LogP contribution < -0.4 is 0 Å². The van der Waals surface area contributed by atoms with Gasteiger partial charge in [0.2, 0.25) is 0 Å². The maximum atomic E-state index is 9.75. The van der Waals surface area contributed by atoms with Crippen LogP contribution in [0.1, 0.15) is 89.3 Å². The monoisotopic (exact) mass is 515 g/mol. The maximum Gasteiger partial charge on any atom is 0.192 e. The molecule has 1 saturated carbocycles. The van der Waals surface area contributed by atoms with Gasteiger partial charge < -0.3 is 9.53 Å². The molecule has 1 fully saturated rings. The zero-order valence-corrected chi connectivity index (χ0v) is 21.9. The fourth-order valence-electron chi connectivity index (χ4n) is 4.75. The average molecular weight is 516 g/mol. The highest BCUT2D eigenvalue weighted by atomic mass is 127. The number of nitrogens with zero attached hydrogens (tertiary/aromatic N) is 1. The van der Waals surface area contributed by atoms with Crippen LogP contribution in [0.5, 0.6) is 0 Å². The first kappa shape index (κ1) is 22.7. The number of rotatable bonds is 4. The molecule has 1 spiro atoms. The van der Waals surface area contributed by atoms with Crippen molar-refractivity contribution < 1.29 is 9.53 Å². The molecule has 158 valence electrons. The first-order valence-electron chi connectivity index (χ1n) is 10.9. The Balaban J connectivity index is 2.04. The minimum Gasteiger partial charge on any atom is -0.410 e. The summed E-state index contributed by atoms with van der Waals surface area (Å²) in [5.41, 5.74) is 4.07. The van der Waals surface area contributed by atoms with Crippen molar-refractivity contribution >= 4 is 30.9 Å². The Labute approximate surface area is 186 Å². The van der Waals surface area contributed by atoms with Crippen LogP contribution in [-0.2, 0) is 10.8 Å². The first-order valence-corrected chi connectivity index (χ1v) is 14.8. The lowest BCUT2D eigenvalue weighted by Crippen LogP contribution is -2.44. The number of fused-ring (bicyclic) bond motifs is 1. The number of pyridine rings is 1. The number of halogens is 1. The molecule has 0 saturated heterocycles. The third-order valence-electron chi connectivity index (χ3n) is 7.49. The standard InChI is InChI=1S/C23H38INO2Si/c1-15(2)18-10-17(24)21-19(25-18)12-23(9-8-16(11-23)14-26)13-20(21)27-28(6,7)22(3,4)5/h10,15-16,20,26H,8-9,11-14H2,1-7H3. The predicted octanol–water partition coefficient (Wildman–Crippen LogP) is 6.60. The van der Waals surface area contributed by atoms with Gasteiger partial charge in [-0.15, -0.1) is 0 Å². The van der Waals surface area contributed by atoms with Crippen LogP contribution in [0, 0.1) is 14.9 Å². The van der Waals surface area contributed by atoms with E-state index in [0.29, 0.717) is 18.4 Å². The zero-order valence-electron chi connectivity index (χ0n) is 18.7. The lowest BCUT2D eigenvalue weighted by molar-refractivity contribution is 0.0830. The van der Waals surface area contributed by atoms with Gasteiger partial charge in [-0.1, -0.05) is 34.6 Å². The Morgan fingerprint density at radius 1 is 1.32 bits per heavy atom. The summed E-state index contributed by atoms with van der Waals surface area (Å²) in [7, 11) is -1.89. The first-order chi connectivity index (χ1) is 12.9. The Morgan fingerprint density at radius 2 is 2.00 bits per heavy atom. The third-order valence-corrected chi connectivity index (χ3v) is 12.9. The van der Waals surface area contributed by atoms with Gasteiger partial charge in [0, 0.05) is 27.1 Å². The molecule has 1 N–H and O–H groups in total. The summed E-state index contributed by atoms with van der Waals surface area (Å²) in [4.78, 5) is 5.15. The van der Waals surface area contributed by atoms with E-state index in [1.54, 1.807) is 0 Å². The molecule has 0 aromatic carbocycles. The molecule has 3 nitrogen and oxygen atoms in total. The fraction of sp³-hybridized carbons (Fsp3) is 0.783. The smallest absolute Gasteiger partial charge is 0.192 e. The predicted molar refractivity (Wildman–Crippen MR) is 127 cm³/mol. The van der Waals surface area contributed by atoms with E-state index in [0.717, 1.165) is 25.7 Å². The van der Waals surface area contributed by atoms with Crippen molar-refractivity contribution in [3.05, 3.63) is 26.6 Å². The Morgan fingerprint density at radius 3 is 2.54 bits per heavy atom. The molecule has 1 heterocycles. The van der Waals surface area contributed by atoms with Crippen LogP contribution in [0.2, 0.25) is 18.1 Å². The number of aliphatic hydroxyl groups is 1. The van der Waals surface area contributed by atoms with E-state index in [1.165, 1.54) is 26.9 Å². The molecule has 1 aromatic rings. The van der Waals surface area contributed by atoms with Gasteiger partial charge in [-0.25, -0.2) is 0 Å². The number of hydrogen-bond donors (Lipinski definition) is 1. The summed E-state index contributed by atoms with van der Waals surface area (Å²) in [6.07, 6.45) is 5.72. The van der Waals surface area contributed by atoms with Gasteiger partial charge >= 0.3 is 0 Å². The highest BCUT2D eigenvalue weighted by Gasteiger charge is 2.48. The van der Waals surface area contributed by atoms with Crippen molar-refractivity contribution in [2.24, 2.45) is 11.3 Å². The van der Waals surface area contributed by atoms with E-state index >= 15 is 0 Å². The third kappa shape index (κ3) is 4.37. The average Bonchev–Trinajstić information content (AvgIpc) is 2.94. The second-order valence-electron chi connectivity index (χ2n) is 11.1. The van der Waals surface area contributed by atoms with Crippen molar-refractivity contribution in [3.63, 3.8) is 0 Å². The number of aliphatic hydroxyl groups excluding tert-OH is 1. The van der Waals surface area contributed by atoms with Crippen LogP contribution in [0.25, 0.3) is 0 Å². The van der Waals surface area contributed by atoms with Crippen LogP contribution in [0.4, 0.5) is 0 Å². The van der Waals surface area contributed by atoms with Gasteiger partial charge in [0.05, 0.1) is 6.10 Å². The molecule has 5 heteroatoms. The molecule has 28 heavy (non-hydrogen) atoms. The van der Waals surface area contributed by atoms with E-state index in [9.17, 15) is 5.11 Å². The summed E-state index contributed by atoms with van der Waals surface area (Å²) >= 11 is 2.51. The van der Waals surface area contributed by atoms with Gasteiger partial charge in [0.25, 0.3) is 0 Å². The van der Waals surface area contributed by atoms with Crippen molar-refractivity contribution in [2.45, 2.75) is 96.9 Å². The van der Waals surface area contributed by atoms with E-state index < -0.39 is 8.32 Å². The minimum absolute atomic E-state index is 0.141. The molecule has 3 rings (SSSR count). The van der Waals surface area contributed by atoms with Gasteiger partial charge in [-0.3, -0.25) is 4.98 Å². The molecule has 2 aliphatic rings. The van der Waals surface area contributed by atoms with Gasteiger partial charge in [0.1, 0.15) is 0 Å². The van der Waals surface area contributed by atoms with Crippen LogP contribution in [-0.4, -0.2) is 25.0 Å². The van der Waals surface area contributed by atoms with E-state index in [4.69, 9.17) is 9.41 Å². The molecule has 0 amide bonds.